The van der Waals surface area contributed by atoms with Gasteiger partial charge in [-0.25, -0.2) is 0 Å². The van der Waals surface area contributed by atoms with Crippen LogP contribution < -0.4 is 4.40 Å². The van der Waals surface area contributed by atoms with Gasteiger partial charge in [-0.3, -0.25) is 9.97 Å². The number of hydrogen-bond acceptors (Lipinski definition) is 3. The molecule has 0 amide bonds. The van der Waals surface area contributed by atoms with Gasteiger partial charge in [0.15, 0.2) is 16.8 Å². The van der Waals surface area contributed by atoms with E-state index in [0.29, 0.717) is 0 Å². The van der Waals surface area contributed by atoms with Crippen LogP contribution in [0.15, 0.2) is 47.4 Å². The predicted octanol–water partition coefficient (Wildman–Crippen LogP) is 1.79. The van der Waals surface area contributed by atoms with Gasteiger partial charge >= 0.3 is 5.84 Å². The van der Waals surface area contributed by atoms with E-state index >= 15 is 0 Å². The number of nitrogens with zero attached hydrogens (tertiary/aromatic N) is 4. The Morgan fingerprint density at radius 1 is 1.26 bits per heavy atom. The van der Waals surface area contributed by atoms with E-state index in [1.165, 1.54) is 5.56 Å². The van der Waals surface area contributed by atoms with Crippen molar-refractivity contribution in [2.24, 2.45) is 0 Å². The van der Waals surface area contributed by atoms with Crippen molar-refractivity contribution < 1.29 is 8.82 Å². The number of rotatable bonds is 0. The molecule has 0 saturated carbocycles. The van der Waals surface area contributed by atoms with Crippen LogP contribution >= 0.6 is 0 Å². The van der Waals surface area contributed by atoms with E-state index in [2.05, 4.69) is 26.8 Å². The normalized spacial score (nSPS) is 13.1. The van der Waals surface area contributed by atoms with Crippen LogP contribution in [-0.4, -0.2) is 14.5 Å². The summed E-state index contributed by atoms with van der Waals surface area (Å²) in [6, 6.07) is 5.96. The molecular weight excluding hydrogens is 240 g/mol. The molecule has 0 atom stereocenters. The summed E-state index contributed by atoms with van der Waals surface area (Å²) in [5, 5.41) is 0. The van der Waals surface area contributed by atoms with Crippen LogP contribution in [0.4, 0.5) is 0 Å². The lowest BCUT2D eigenvalue weighted by Gasteiger charge is -1.90. The largest absolute Gasteiger partial charge is 0.468 e. The second-order valence-corrected chi connectivity index (χ2v) is 4.71. The molecule has 0 aliphatic carbocycles. The third-order valence-corrected chi connectivity index (χ3v) is 3.66. The first-order valence-corrected chi connectivity index (χ1v) is 6.13. The standard InChI is InChI=1S/C14H9N4O/c1-2-9-7-17-11(13(9)16-4-1)8-18-10-6-15-5-3-12(10)19-14(17)18/h1-6,8H,7H2/q+1. The Labute approximate surface area is 107 Å². The third-order valence-electron chi connectivity index (χ3n) is 3.66. The fourth-order valence-corrected chi connectivity index (χ4v) is 2.81. The lowest BCUT2D eigenvalue weighted by Crippen LogP contribution is -2.16. The van der Waals surface area contributed by atoms with Crippen LogP contribution in [0.1, 0.15) is 5.56 Å². The van der Waals surface area contributed by atoms with Crippen molar-refractivity contribution in [2.45, 2.75) is 6.54 Å². The van der Waals surface area contributed by atoms with E-state index < -0.39 is 0 Å². The highest BCUT2D eigenvalue weighted by Crippen LogP contribution is 2.31. The monoisotopic (exact) mass is 249 g/mol. The molecule has 0 saturated heterocycles. The van der Waals surface area contributed by atoms with Gasteiger partial charge in [-0.2, -0.15) is 8.97 Å². The van der Waals surface area contributed by atoms with Gasteiger partial charge in [0, 0.05) is 24.0 Å². The molecule has 1 aliphatic rings. The van der Waals surface area contributed by atoms with Crippen molar-refractivity contribution in [2.75, 3.05) is 0 Å². The maximum absolute atomic E-state index is 5.92. The summed E-state index contributed by atoms with van der Waals surface area (Å²) in [5.41, 5.74) is 5.21. The lowest BCUT2D eigenvalue weighted by molar-refractivity contribution is -0.484. The zero-order valence-electron chi connectivity index (χ0n) is 9.95. The molecule has 4 aromatic rings. The van der Waals surface area contributed by atoms with Crippen LogP contribution in [0, 0.1) is 0 Å². The van der Waals surface area contributed by atoms with E-state index in [1.807, 2.05) is 28.9 Å². The summed E-state index contributed by atoms with van der Waals surface area (Å²) in [6.07, 6.45) is 7.46. The number of aromatic nitrogens is 4. The molecular formula is C14H9N4O+. The van der Waals surface area contributed by atoms with Gasteiger partial charge in [0.2, 0.25) is 0 Å². The lowest BCUT2D eigenvalue weighted by atomic mass is 10.2. The topological polar surface area (TPSA) is 48.0 Å². The predicted molar refractivity (Wildman–Crippen MR) is 67.5 cm³/mol. The van der Waals surface area contributed by atoms with Gasteiger partial charge in [-0.05, 0) is 6.07 Å². The number of pyridine rings is 2. The molecule has 0 unspecified atom stereocenters. The van der Waals surface area contributed by atoms with Crippen molar-refractivity contribution in [3.8, 4) is 11.4 Å². The quantitative estimate of drug-likeness (QED) is 0.393. The molecule has 19 heavy (non-hydrogen) atoms. The summed E-state index contributed by atoms with van der Waals surface area (Å²) in [7, 11) is 0. The Morgan fingerprint density at radius 3 is 3.26 bits per heavy atom. The SMILES string of the molecule is c1cnc2c(c1)Cn1c-2c[n+]2c3cnccc3oc12. The van der Waals surface area contributed by atoms with Gasteiger partial charge in [0.1, 0.15) is 18.4 Å². The van der Waals surface area contributed by atoms with Crippen molar-refractivity contribution in [3.05, 3.63) is 48.5 Å². The maximum Gasteiger partial charge on any atom is 0.468 e. The van der Waals surface area contributed by atoms with E-state index in [1.54, 1.807) is 6.20 Å². The molecule has 4 aromatic heterocycles. The summed E-state index contributed by atoms with van der Waals surface area (Å²) in [6.45, 7) is 0.808. The molecule has 0 radical (unpaired) electrons. The van der Waals surface area contributed by atoms with E-state index in [4.69, 9.17) is 4.42 Å². The Bertz CT molecular complexity index is 951. The van der Waals surface area contributed by atoms with Crippen LogP contribution in [0.25, 0.3) is 28.3 Å². The minimum absolute atomic E-state index is 0.808. The van der Waals surface area contributed by atoms with Crippen LogP contribution in [-0.2, 0) is 6.54 Å². The third kappa shape index (κ3) is 1.03. The number of fused-ring (bicyclic) bond motifs is 7. The first-order valence-electron chi connectivity index (χ1n) is 6.13. The minimum Gasteiger partial charge on any atom is -0.387 e. The number of hydrogen-bond donors (Lipinski definition) is 0. The molecule has 0 bridgehead atoms. The highest BCUT2D eigenvalue weighted by atomic mass is 16.4. The summed E-state index contributed by atoms with van der Waals surface area (Å²) in [5.74, 6) is 0.830. The number of oxazole rings is 1. The first kappa shape index (κ1) is 9.27. The maximum atomic E-state index is 5.92. The molecule has 90 valence electrons. The second-order valence-electron chi connectivity index (χ2n) is 4.71. The number of imidazole rings is 1. The molecule has 0 N–H and O–H groups in total. The summed E-state index contributed by atoms with van der Waals surface area (Å²) < 4.78 is 10.1. The summed E-state index contributed by atoms with van der Waals surface area (Å²) >= 11 is 0. The second kappa shape index (κ2) is 3.00. The Morgan fingerprint density at radius 2 is 2.26 bits per heavy atom. The Kier molecular flexibility index (Phi) is 1.46. The minimum atomic E-state index is 0.808. The molecule has 5 nitrogen and oxygen atoms in total. The zero-order chi connectivity index (χ0) is 12.4. The average molecular weight is 249 g/mol. The highest BCUT2D eigenvalue weighted by molar-refractivity contribution is 5.71. The van der Waals surface area contributed by atoms with Crippen molar-refractivity contribution in [1.29, 1.82) is 0 Å². The van der Waals surface area contributed by atoms with E-state index in [0.717, 1.165) is 34.9 Å². The van der Waals surface area contributed by atoms with Gasteiger partial charge in [0.05, 0.1) is 6.20 Å². The highest BCUT2D eigenvalue weighted by Gasteiger charge is 2.32. The summed E-state index contributed by atoms with van der Waals surface area (Å²) in [4.78, 5) is 8.62. The van der Waals surface area contributed by atoms with Gasteiger partial charge in [0.25, 0.3) is 0 Å². The molecule has 0 fully saturated rings. The van der Waals surface area contributed by atoms with Crippen molar-refractivity contribution in [1.82, 2.24) is 14.5 Å². The molecule has 1 aliphatic heterocycles. The van der Waals surface area contributed by atoms with E-state index in [-0.39, 0.29) is 0 Å². The van der Waals surface area contributed by atoms with Gasteiger partial charge in [-0.1, -0.05) is 6.07 Å². The van der Waals surface area contributed by atoms with E-state index in [9.17, 15) is 0 Å². The Balaban J connectivity index is 1.93. The smallest absolute Gasteiger partial charge is 0.387 e. The molecule has 5 heterocycles. The van der Waals surface area contributed by atoms with Gasteiger partial charge in [-0.15, -0.1) is 0 Å². The average Bonchev–Trinajstić information content (AvgIpc) is 3.07. The molecule has 5 rings (SSSR count). The van der Waals surface area contributed by atoms with Crippen molar-refractivity contribution >= 4 is 16.9 Å². The zero-order valence-corrected chi connectivity index (χ0v) is 9.95. The fourth-order valence-electron chi connectivity index (χ4n) is 2.81. The van der Waals surface area contributed by atoms with Crippen LogP contribution in [0.2, 0.25) is 0 Å². The first-order chi connectivity index (χ1) is 9.42. The van der Waals surface area contributed by atoms with Crippen LogP contribution in [0.5, 0.6) is 0 Å². The molecule has 5 heteroatoms. The van der Waals surface area contributed by atoms with Gasteiger partial charge < -0.3 is 4.42 Å². The van der Waals surface area contributed by atoms with Crippen molar-refractivity contribution in [3.63, 3.8) is 0 Å². The molecule has 0 spiro atoms. The Hall–Kier alpha value is -2.69. The molecule has 0 aromatic carbocycles. The van der Waals surface area contributed by atoms with Crippen LogP contribution in [0.3, 0.4) is 0 Å². The fraction of sp³-hybridized carbons (Fsp3) is 0.0714.